The number of ether oxygens (including phenoxy) is 2. The number of hydrogen-bond acceptors (Lipinski definition) is 5. The van der Waals surface area contributed by atoms with E-state index in [-0.39, 0.29) is 23.5 Å². The van der Waals surface area contributed by atoms with Crippen molar-refractivity contribution in [2.75, 3.05) is 13.7 Å². The van der Waals surface area contributed by atoms with Gasteiger partial charge in [-0.25, -0.2) is 4.79 Å². The third-order valence-corrected chi connectivity index (χ3v) is 5.96. The molecule has 2 aliphatic carbocycles. The van der Waals surface area contributed by atoms with Crippen molar-refractivity contribution in [1.82, 2.24) is 5.32 Å². The van der Waals surface area contributed by atoms with Crippen LogP contribution in [-0.2, 0) is 20.7 Å². The lowest BCUT2D eigenvalue weighted by molar-refractivity contribution is -0.146. The van der Waals surface area contributed by atoms with E-state index in [4.69, 9.17) is 9.47 Å². The van der Waals surface area contributed by atoms with E-state index < -0.39 is 6.10 Å². The Morgan fingerprint density at radius 1 is 1.44 bits per heavy atom. The van der Waals surface area contributed by atoms with E-state index in [1.807, 2.05) is 6.07 Å². The molecule has 1 amide bonds. The van der Waals surface area contributed by atoms with Gasteiger partial charge in [0.25, 0.3) is 0 Å². The number of methoxy groups -OCH3 is 1. The van der Waals surface area contributed by atoms with Crippen molar-refractivity contribution in [2.24, 2.45) is 5.92 Å². The third kappa shape index (κ3) is 2.88. The Kier molecular flexibility index (Phi) is 3.95. The average molecular weight is 345 g/mol. The number of aliphatic hydroxyl groups excluding tert-OH is 1. The van der Waals surface area contributed by atoms with Crippen LogP contribution in [0.15, 0.2) is 18.2 Å². The molecule has 0 bridgehead atoms. The van der Waals surface area contributed by atoms with Crippen LogP contribution >= 0.6 is 0 Å². The number of hydrogen-bond donors (Lipinski definition) is 2. The number of fused-ring (bicyclic) bond motifs is 1. The maximum Gasteiger partial charge on any atom is 0.407 e. The average Bonchev–Trinajstić information content (AvgIpc) is 3.20. The molecule has 1 spiro atoms. The number of benzene rings is 1. The lowest BCUT2D eigenvalue weighted by Crippen LogP contribution is -2.40. The molecule has 0 aromatic heterocycles. The summed E-state index contributed by atoms with van der Waals surface area (Å²) in [6.45, 7) is 0.441. The van der Waals surface area contributed by atoms with Crippen molar-refractivity contribution < 1.29 is 24.2 Å². The van der Waals surface area contributed by atoms with Crippen molar-refractivity contribution in [3.8, 4) is 0 Å². The molecule has 1 aromatic carbocycles. The Morgan fingerprint density at radius 2 is 2.28 bits per heavy atom. The van der Waals surface area contributed by atoms with E-state index in [0.29, 0.717) is 25.4 Å². The highest BCUT2D eigenvalue weighted by molar-refractivity contribution is 5.73. The van der Waals surface area contributed by atoms with Gasteiger partial charge in [-0.3, -0.25) is 4.79 Å². The van der Waals surface area contributed by atoms with Crippen LogP contribution in [0.5, 0.6) is 0 Å². The van der Waals surface area contributed by atoms with Crippen molar-refractivity contribution in [1.29, 1.82) is 0 Å². The molecule has 4 rings (SSSR count). The van der Waals surface area contributed by atoms with Gasteiger partial charge in [0.15, 0.2) is 0 Å². The van der Waals surface area contributed by atoms with Crippen LogP contribution in [0, 0.1) is 5.92 Å². The summed E-state index contributed by atoms with van der Waals surface area (Å²) in [6.07, 6.45) is 2.81. The van der Waals surface area contributed by atoms with Gasteiger partial charge in [-0.05, 0) is 54.7 Å². The van der Waals surface area contributed by atoms with Crippen molar-refractivity contribution in [3.05, 3.63) is 34.9 Å². The summed E-state index contributed by atoms with van der Waals surface area (Å²) >= 11 is 0. The van der Waals surface area contributed by atoms with Gasteiger partial charge >= 0.3 is 12.1 Å². The molecule has 6 nitrogen and oxygen atoms in total. The molecule has 0 radical (unpaired) electrons. The molecule has 25 heavy (non-hydrogen) atoms. The summed E-state index contributed by atoms with van der Waals surface area (Å²) in [5.41, 5.74) is 2.90. The molecule has 134 valence electrons. The molecule has 1 aromatic rings. The number of aliphatic hydroxyl groups is 1. The van der Waals surface area contributed by atoms with E-state index in [1.54, 1.807) is 0 Å². The first-order chi connectivity index (χ1) is 12.0. The zero-order valence-corrected chi connectivity index (χ0v) is 14.3. The molecular weight excluding hydrogens is 322 g/mol. The largest absolute Gasteiger partial charge is 0.469 e. The highest BCUT2D eigenvalue weighted by Crippen LogP contribution is 2.44. The molecule has 1 saturated heterocycles. The zero-order chi connectivity index (χ0) is 17.6. The lowest BCUT2D eigenvalue weighted by Gasteiger charge is -2.28. The maximum atomic E-state index is 11.8. The zero-order valence-electron chi connectivity index (χ0n) is 14.3. The van der Waals surface area contributed by atoms with Crippen LogP contribution in [0.1, 0.15) is 54.4 Å². The second-order valence-electron chi connectivity index (χ2n) is 7.56. The minimum atomic E-state index is -0.641. The third-order valence-electron chi connectivity index (χ3n) is 5.96. The van der Waals surface area contributed by atoms with Crippen molar-refractivity contribution >= 4 is 12.1 Å². The minimum Gasteiger partial charge on any atom is -0.469 e. The lowest BCUT2D eigenvalue weighted by atomic mass is 9.80. The Hall–Kier alpha value is -2.08. The van der Waals surface area contributed by atoms with Gasteiger partial charge in [-0.1, -0.05) is 18.2 Å². The van der Waals surface area contributed by atoms with E-state index in [9.17, 15) is 14.7 Å². The minimum absolute atomic E-state index is 0.230. The summed E-state index contributed by atoms with van der Waals surface area (Å²) < 4.78 is 9.92. The Morgan fingerprint density at radius 3 is 3.00 bits per heavy atom. The molecule has 1 saturated carbocycles. The standard InChI is InChI=1S/C19H23NO5/c1-24-17(22)14-6-12-3-2-11(7-15(12)16(21)8-14)13-4-5-19(9-13)10-25-18(23)20-19/h2-3,7,13-14,16,21H,4-6,8-10H2,1H3,(H,20,23)/t13-,14?,16?,19+/m0/s1. The topological polar surface area (TPSA) is 84.9 Å². The smallest absolute Gasteiger partial charge is 0.407 e. The first-order valence-electron chi connectivity index (χ1n) is 8.83. The number of amides is 1. The number of nitrogens with one attached hydrogen (secondary N) is 1. The number of carbonyl (C=O) groups excluding carboxylic acids is 2. The van der Waals surface area contributed by atoms with Crippen LogP contribution in [0.25, 0.3) is 0 Å². The molecule has 4 atom stereocenters. The fraction of sp³-hybridized carbons (Fsp3) is 0.579. The van der Waals surface area contributed by atoms with Gasteiger partial charge in [-0.2, -0.15) is 0 Å². The fourth-order valence-electron chi connectivity index (χ4n) is 4.60. The number of carbonyl (C=O) groups is 2. The van der Waals surface area contributed by atoms with E-state index >= 15 is 0 Å². The number of cyclic esters (lactones) is 1. The SMILES string of the molecule is COC(=O)C1Cc2ccc([C@H]3CC[C@]4(COC(=O)N4)C3)cc2C(O)C1. The quantitative estimate of drug-likeness (QED) is 0.803. The summed E-state index contributed by atoms with van der Waals surface area (Å²) in [7, 11) is 1.38. The monoisotopic (exact) mass is 345 g/mol. The van der Waals surface area contributed by atoms with Gasteiger partial charge in [0.2, 0.25) is 0 Å². The number of alkyl carbamates (subject to hydrolysis) is 1. The Bertz CT molecular complexity index is 718. The Balaban J connectivity index is 1.53. The molecule has 2 N–H and O–H groups in total. The van der Waals surface area contributed by atoms with Crippen LogP contribution < -0.4 is 5.32 Å². The van der Waals surface area contributed by atoms with Gasteiger partial charge in [0, 0.05) is 0 Å². The van der Waals surface area contributed by atoms with Gasteiger partial charge < -0.3 is 19.9 Å². The van der Waals surface area contributed by atoms with Crippen molar-refractivity contribution in [2.45, 2.75) is 49.7 Å². The molecule has 1 aliphatic heterocycles. The predicted octanol–water partition coefficient (Wildman–Crippen LogP) is 2.20. The normalized spacial score (nSPS) is 33.7. The second-order valence-corrected chi connectivity index (χ2v) is 7.56. The maximum absolute atomic E-state index is 11.8. The number of rotatable bonds is 2. The van der Waals surface area contributed by atoms with Crippen LogP contribution in [-0.4, -0.2) is 36.4 Å². The first-order valence-corrected chi connectivity index (χ1v) is 8.83. The number of esters is 1. The second kappa shape index (κ2) is 6.02. The van der Waals surface area contributed by atoms with Gasteiger partial charge in [-0.15, -0.1) is 0 Å². The summed E-state index contributed by atoms with van der Waals surface area (Å²) in [6, 6.07) is 6.19. The van der Waals surface area contributed by atoms with Crippen LogP contribution in [0.3, 0.4) is 0 Å². The van der Waals surface area contributed by atoms with E-state index in [2.05, 4.69) is 17.4 Å². The van der Waals surface area contributed by atoms with E-state index in [0.717, 1.165) is 30.4 Å². The fourth-order valence-corrected chi connectivity index (χ4v) is 4.60. The molecular formula is C19H23NO5. The highest BCUT2D eigenvalue weighted by Gasteiger charge is 2.46. The summed E-state index contributed by atoms with van der Waals surface area (Å²) in [4.78, 5) is 23.2. The molecule has 2 unspecified atom stereocenters. The molecule has 3 aliphatic rings. The van der Waals surface area contributed by atoms with Crippen molar-refractivity contribution in [3.63, 3.8) is 0 Å². The summed E-state index contributed by atoms with van der Waals surface area (Å²) in [5.74, 6) is -0.194. The summed E-state index contributed by atoms with van der Waals surface area (Å²) in [5, 5.41) is 13.5. The van der Waals surface area contributed by atoms with E-state index in [1.165, 1.54) is 12.7 Å². The van der Waals surface area contributed by atoms with Gasteiger partial charge in [0.05, 0.1) is 24.7 Å². The van der Waals surface area contributed by atoms with Crippen LogP contribution in [0.4, 0.5) is 4.79 Å². The molecule has 1 heterocycles. The predicted molar refractivity (Wildman–Crippen MR) is 89.0 cm³/mol. The Labute approximate surface area is 146 Å². The first kappa shape index (κ1) is 16.4. The molecule has 2 fully saturated rings. The van der Waals surface area contributed by atoms with Crippen LogP contribution in [0.2, 0.25) is 0 Å². The van der Waals surface area contributed by atoms with Gasteiger partial charge in [0.1, 0.15) is 6.61 Å². The highest BCUT2D eigenvalue weighted by atomic mass is 16.6. The molecule has 6 heteroatoms.